The zero-order valence-corrected chi connectivity index (χ0v) is 14.9. The molecule has 0 aliphatic rings. The molecule has 0 aromatic carbocycles. The molecule has 0 unspecified atom stereocenters. The van der Waals surface area contributed by atoms with Crippen LogP contribution < -0.4 is 15.4 Å². The first-order valence-electron chi connectivity index (χ1n) is 6.38. The summed E-state index contributed by atoms with van der Waals surface area (Å²) in [6, 6.07) is 7.87. The SMILES string of the molecule is CN=C(NCCOc1cccnc1)NCc1cccs1.I. The molecule has 2 rings (SSSR count). The lowest BCUT2D eigenvalue weighted by molar-refractivity contribution is 0.320. The molecule has 0 saturated carbocycles. The molecule has 21 heavy (non-hydrogen) atoms. The molecule has 0 spiro atoms. The Hall–Kier alpha value is -1.35. The van der Waals surface area contributed by atoms with Gasteiger partial charge in [0.1, 0.15) is 12.4 Å². The summed E-state index contributed by atoms with van der Waals surface area (Å²) in [6.07, 6.45) is 3.42. The van der Waals surface area contributed by atoms with Crippen LogP contribution in [-0.4, -0.2) is 31.1 Å². The summed E-state index contributed by atoms with van der Waals surface area (Å²) in [5.41, 5.74) is 0. The van der Waals surface area contributed by atoms with Crippen LogP contribution in [0.3, 0.4) is 0 Å². The van der Waals surface area contributed by atoms with Gasteiger partial charge in [-0.1, -0.05) is 6.07 Å². The van der Waals surface area contributed by atoms with Gasteiger partial charge in [-0.15, -0.1) is 35.3 Å². The Balaban J connectivity index is 0.00000220. The van der Waals surface area contributed by atoms with Crippen molar-refractivity contribution in [3.8, 4) is 5.75 Å². The van der Waals surface area contributed by atoms with E-state index in [9.17, 15) is 0 Å². The fourth-order valence-electron chi connectivity index (χ4n) is 1.58. The lowest BCUT2D eigenvalue weighted by Gasteiger charge is -2.11. The molecule has 0 radical (unpaired) electrons. The number of aliphatic imine (C=N–C) groups is 1. The molecule has 2 aromatic rings. The molecule has 0 saturated heterocycles. The number of hydrogen-bond acceptors (Lipinski definition) is 4. The third-order valence-electron chi connectivity index (χ3n) is 2.53. The van der Waals surface area contributed by atoms with E-state index < -0.39 is 0 Å². The van der Waals surface area contributed by atoms with Crippen molar-refractivity contribution < 1.29 is 4.74 Å². The number of pyridine rings is 1. The molecule has 0 bridgehead atoms. The zero-order valence-electron chi connectivity index (χ0n) is 11.8. The maximum Gasteiger partial charge on any atom is 0.191 e. The molecule has 7 heteroatoms. The van der Waals surface area contributed by atoms with Gasteiger partial charge >= 0.3 is 0 Å². The Bertz CT molecular complexity index is 519. The van der Waals surface area contributed by atoms with Gasteiger partial charge in [0.2, 0.25) is 0 Å². The van der Waals surface area contributed by atoms with E-state index in [2.05, 4.69) is 32.1 Å². The summed E-state index contributed by atoms with van der Waals surface area (Å²) in [5, 5.41) is 8.52. The van der Waals surface area contributed by atoms with Crippen molar-refractivity contribution in [2.45, 2.75) is 6.54 Å². The van der Waals surface area contributed by atoms with Gasteiger partial charge in [0, 0.05) is 18.1 Å². The Morgan fingerprint density at radius 2 is 2.24 bits per heavy atom. The smallest absolute Gasteiger partial charge is 0.191 e. The van der Waals surface area contributed by atoms with Gasteiger partial charge in [-0.05, 0) is 23.6 Å². The van der Waals surface area contributed by atoms with Gasteiger partial charge < -0.3 is 15.4 Å². The highest BCUT2D eigenvalue weighted by atomic mass is 127. The predicted octanol–water partition coefficient (Wildman–Crippen LogP) is 2.51. The first kappa shape index (κ1) is 17.7. The van der Waals surface area contributed by atoms with E-state index in [0.29, 0.717) is 13.2 Å². The quantitative estimate of drug-likeness (QED) is 0.328. The van der Waals surface area contributed by atoms with E-state index in [1.165, 1.54) is 4.88 Å². The Kier molecular flexibility index (Phi) is 8.76. The van der Waals surface area contributed by atoms with Crippen molar-refractivity contribution in [1.29, 1.82) is 0 Å². The molecule has 2 heterocycles. The number of aromatic nitrogens is 1. The Morgan fingerprint density at radius 3 is 2.90 bits per heavy atom. The molecule has 0 aliphatic carbocycles. The van der Waals surface area contributed by atoms with E-state index in [4.69, 9.17) is 4.74 Å². The van der Waals surface area contributed by atoms with E-state index >= 15 is 0 Å². The average Bonchev–Trinajstić information content (AvgIpc) is 3.01. The van der Waals surface area contributed by atoms with Crippen molar-refractivity contribution in [2.24, 2.45) is 4.99 Å². The zero-order chi connectivity index (χ0) is 14.0. The lowest BCUT2D eigenvalue weighted by Crippen LogP contribution is -2.38. The largest absolute Gasteiger partial charge is 0.490 e. The highest BCUT2D eigenvalue weighted by molar-refractivity contribution is 14.0. The van der Waals surface area contributed by atoms with Gasteiger partial charge in [0.25, 0.3) is 0 Å². The molecular formula is C14H19IN4OS. The van der Waals surface area contributed by atoms with Crippen molar-refractivity contribution in [3.05, 3.63) is 46.9 Å². The lowest BCUT2D eigenvalue weighted by atomic mass is 10.4. The normalized spacial score (nSPS) is 10.6. The van der Waals surface area contributed by atoms with Crippen LogP contribution in [0.4, 0.5) is 0 Å². The predicted molar refractivity (Wildman–Crippen MR) is 97.7 cm³/mol. The molecule has 5 nitrogen and oxygen atoms in total. The number of nitrogens with zero attached hydrogens (tertiary/aromatic N) is 2. The summed E-state index contributed by atoms with van der Waals surface area (Å²) in [7, 11) is 1.76. The summed E-state index contributed by atoms with van der Waals surface area (Å²) < 4.78 is 5.55. The number of guanidine groups is 1. The van der Waals surface area contributed by atoms with Crippen LogP contribution in [0, 0.1) is 0 Å². The van der Waals surface area contributed by atoms with Crippen LogP contribution in [0.2, 0.25) is 0 Å². The second-order valence-electron chi connectivity index (χ2n) is 3.97. The first-order valence-corrected chi connectivity index (χ1v) is 7.26. The van der Waals surface area contributed by atoms with E-state index in [1.54, 1.807) is 30.8 Å². The maximum atomic E-state index is 5.55. The Morgan fingerprint density at radius 1 is 1.33 bits per heavy atom. The van der Waals surface area contributed by atoms with Crippen LogP contribution in [0.15, 0.2) is 47.0 Å². The van der Waals surface area contributed by atoms with E-state index in [0.717, 1.165) is 18.3 Å². The minimum absolute atomic E-state index is 0. The fourth-order valence-corrected chi connectivity index (χ4v) is 2.22. The summed E-state index contributed by atoms with van der Waals surface area (Å²) >= 11 is 1.72. The standard InChI is InChI=1S/C14H18N4OS.HI/c1-15-14(18-11-13-5-3-9-20-13)17-7-8-19-12-4-2-6-16-10-12;/h2-6,9-10H,7-8,11H2,1H3,(H2,15,17,18);1H. The van der Waals surface area contributed by atoms with Gasteiger partial charge in [-0.3, -0.25) is 9.98 Å². The summed E-state index contributed by atoms with van der Waals surface area (Å²) in [6.45, 7) is 2.02. The summed E-state index contributed by atoms with van der Waals surface area (Å²) in [4.78, 5) is 9.43. The molecule has 2 N–H and O–H groups in total. The molecule has 0 aliphatic heterocycles. The molecule has 114 valence electrons. The minimum atomic E-state index is 0. The van der Waals surface area contributed by atoms with E-state index in [-0.39, 0.29) is 24.0 Å². The first-order chi connectivity index (χ1) is 9.88. The second-order valence-corrected chi connectivity index (χ2v) is 5.00. The highest BCUT2D eigenvalue weighted by Gasteiger charge is 1.99. The second kappa shape index (κ2) is 10.4. The van der Waals surface area contributed by atoms with Crippen LogP contribution >= 0.6 is 35.3 Å². The third-order valence-corrected chi connectivity index (χ3v) is 3.41. The van der Waals surface area contributed by atoms with Gasteiger partial charge in [0.15, 0.2) is 5.96 Å². The highest BCUT2D eigenvalue weighted by Crippen LogP contribution is 2.07. The number of halogens is 1. The number of nitrogens with one attached hydrogen (secondary N) is 2. The monoisotopic (exact) mass is 418 g/mol. The summed E-state index contributed by atoms with van der Waals surface area (Å²) in [5.74, 6) is 1.55. The molecule has 0 atom stereocenters. The minimum Gasteiger partial charge on any atom is -0.490 e. The van der Waals surface area contributed by atoms with Gasteiger partial charge in [0.05, 0.1) is 19.3 Å². The number of ether oxygens (including phenoxy) is 1. The van der Waals surface area contributed by atoms with Crippen LogP contribution in [0.1, 0.15) is 4.88 Å². The number of hydrogen-bond donors (Lipinski definition) is 2. The number of rotatable bonds is 6. The average molecular weight is 418 g/mol. The third kappa shape index (κ3) is 6.76. The van der Waals surface area contributed by atoms with E-state index in [1.807, 2.05) is 18.2 Å². The molecule has 2 aromatic heterocycles. The maximum absolute atomic E-state index is 5.55. The topological polar surface area (TPSA) is 58.5 Å². The van der Waals surface area contributed by atoms with Gasteiger partial charge in [-0.2, -0.15) is 0 Å². The van der Waals surface area contributed by atoms with Gasteiger partial charge in [-0.25, -0.2) is 0 Å². The fraction of sp³-hybridized carbons (Fsp3) is 0.286. The van der Waals surface area contributed by atoms with Crippen molar-refractivity contribution >= 4 is 41.3 Å². The van der Waals surface area contributed by atoms with Crippen molar-refractivity contribution in [2.75, 3.05) is 20.2 Å². The van der Waals surface area contributed by atoms with Crippen LogP contribution in [0.25, 0.3) is 0 Å². The molecule has 0 fully saturated rings. The van der Waals surface area contributed by atoms with Crippen molar-refractivity contribution in [3.63, 3.8) is 0 Å². The molecule has 0 amide bonds. The van der Waals surface area contributed by atoms with Crippen LogP contribution in [-0.2, 0) is 6.54 Å². The van der Waals surface area contributed by atoms with Crippen molar-refractivity contribution in [1.82, 2.24) is 15.6 Å². The number of thiophene rings is 1. The Labute approximate surface area is 145 Å². The van der Waals surface area contributed by atoms with Crippen LogP contribution in [0.5, 0.6) is 5.75 Å². The molecular weight excluding hydrogens is 399 g/mol.